The van der Waals surface area contributed by atoms with Gasteiger partial charge < -0.3 is 10.2 Å². The number of hydrazone groups is 1. The second kappa shape index (κ2) is 4.27. The summed E-state index contributed by atoms with van der Waals surface area (Å²) < 4.78 is 0. The lowest BCUT2D eigenvalue weighted by atomic mass is 10.2. The molecule has 1 aromatic carbocycles. The molecule has 1 rings (SSSR count). The molecule has 0 fully saturated rings. The van der Waals surface area contributed by atoms with Gasteiger partial charge in [-0.1, -0.05) is 0 Å². The van der Waals surface area contributed by atoms with Gasteiger partial charge in [-0.25, -0.2) is 5.43 Å². The van der Waals surface area contributed by atoms with Crippen LogP contribution in [0.15, 0.2) is 23.3 Å². The van der Waals surface area contributed by atoms with E-state index in [0.717, 1.165) is 0 Å². The van der Waals surface area contributed by atoms with Crippen molar-refractivity contribution < 1.29 is 15.0 Å². The van der Waals surface area contributed by atoms with E-state index in [2.05, 4.69) is 10.5 Å². The lowest BCUT2D eigenvalue weighted by Gasteiger charge is -1.97. The molecule has 1 aromatic rings. The molecule has 5 heteroatoms. The molecule has 0 radical (unpaired) electrons. The highest BCUT2D eigenvalue weighted by molar-refractivity contribution is 5.82. The first-order chi connectivity index (χ1) is 6.59. The van der Waals surface area contributed by atoms with E-state index in [1.54, 1.807) is 6.07 Å². The molecule has 5 nitrogen and oxygen atoms in total. The molecule has 3 N–H and O–H groups in total. The van der Waals surface area contributed by atoms with Gasteiger partial charge in [0.15, 0.2) is 11.5 Å². The van der Waals surface area contributed by atoms with Crippen LogP contribution in [0.5, 0.6) is 11.5 Å². The summed E-state index contributed by atoms with van der Waals surface area (Å²) in [6, 6.07) is 4.23. The van der Waals surface area contributed by atoms with Crippen LogP contribution in [0.25, 0.3) is 0 Å². The van der Waals surface area contributed by atoms with E-state index in [0.29, 0.717) is 5.56 Å². The molecule has 0 aromatic heterocycles. The average molecular weight is 194 g/mol. The van der Waals surface area contributed by atoms with E-state index in [9.17, 15) is 4.79 Å². The molecule has 0 aliphatic carbocycles. The van der Waals surface area contributed by atoms with Gasteiger partial charge in [0.25, 0.3) is 0 Å². The largest absolute Gasteiger partial charge is 0.504 e. The van der Waals surface area contributed by atoms with Crippen LogP contribution in [0.3, 0.4) is 0 Å². The number of aromatic hydroxyl groups is 2. The van der Waals surface area contributed by atoms with Crippen molar-refractivity contribution in [2.45, 2.75) is 6.92 Å². The van der Waals surface area contributed by atoms with Crippen LogP contribution in [-0.2, 0) is 4.79 Å². The van der Waals surface area contributed by atoms with Gasteiger partial charge in [-0.2, -0.15) is 5.10 Å². The molecule has 14 heavy (non-hydrogen) atoms. The van der Waals surface area contributed by atoms with Crippen molar-refractivity contribution in [3.63, 3.8) is 0 Å². The third kappa shape index (κ3) is 2.78. The first-order valence-electron chi connectivity index (χ1n) is 3.91. The number of amides is 1. The minimum atomic E-state index is -0.274. The van der Waals surface area contributed by atoms with Gasteiger partial charge in [0.1, 0.15) is 0 Å². The van der Waals surface area contributed by atoms with Crippen molar-refractivity contribution in [2.24, 2.45) is 5.10 Å². The summed E-state index contributed by atoms with van der Waals surface area (Å²) in [4.78, 5) is 10.4. The van der Waals surface area contributed by atoms with E-state index in [4.69, 9.17) is 10.2 Å². The van der Waals surface area contributed by atoms with Gasteiger partial charge in [-0.15, -0.1) is 0 Å². The average Bonchev–Trinajstić information content (AvgIpc) is 2.10. The molecule has 0 saturated carbocycles. The minimum Gasteiger partial charge on any atom is -0.504 e. The van der Waals surface area contributed by atoms with Gasteiger partial charge >= 0.3 is 0 Å². The maximum absolute atomic E-state index is 10.4. The Morgan fingerprint density at radius 1 is 1.43 bits per heavy atom. The van der Waals surface area contributed by atoms with E-state index >= 15 is 0 Å². The van der Waals surface area contributed by atoms with Crippen molar-refractivity contribution in [1.82, 2.24) is 5.43 Å². The zero-order valence-electron chi connectivity index (χ0n) is 7.56. The summed E-state index contributed by atoms with van der Waals surface area (Å²) in [5.41, 5.74) is 2.79. The molecular weight excluding hydrogens is 184 g/mol. The Balaban J connectivity index is 2.73. The number of hydrogen-bond acceptors (Lipinski definition) is 4. The summed E-state index contributed by atoms with van der Waals surface area (Å²) in [6.07, 6.45) is 1.36. The molecular formula is C9H10N2O3. The molecule has 74 valence electrons. The fraction of sp³-hybridized carbons (Fsp3) is 0.111. The number of rotatable bonds is 2. The fourth-order valence-corrected chi connectivity index (χ4v) is 0.818. The van der Waals surface area contributed by atoms with Crippen LogP contribution < -0.4 is 5.43 Å². The van der Waals surface area contributed by atoms with E-state index in [1.165, 1.54) is 25.3 Å². The van der Waals surface area contributed by atoms with Crippen LogP contribution in [0.1, 0.15) is 12.5 Å². The number of phenolic OH excluding ortho intramolecular Hbond substituents is 2. The summed E-state index contributed by atoms with van der Waals surface area (Å²) >= 11 is 0. The molecule has 0 unspecified atom stereocenters. The van der Waals surface area contributed by atoms with Crippen LogP contribution in [0, 0.1) is 0 Å². The zero-order valence-corrected chi connectivity index (χ0v) is 7.56. The third-order valence-electron chi connectivity index (χ3n) is 1.44. The molecule has 0 aliphatic heterocycles. The zero-order chi connectivity index (χ0) is 10.6. The lowest BCUT2D eigenvalue weighted by Crippen LogP contribution is -2.12. The Bertz CT molecular complexity index is 374. The maximum Gasteiger partial charge on any atom is 0.236 e. The number of benzene rings is 1. The molecule has 1 amide bonds. The Hall–Kier alpha value is -2.04. The minimum absolute atomic E-state index is 0.193. The number of nitrogens with zero attached hydrogens (tertiary/aromatic N) is 1. The molecule has 0 aliphatic rings. The first kappa shape index (κ1) is 10.0. The Morgan fingerprint density at radius 3 is 2.71 bits per heavy atom. The molecule has 0 spiro atoms. The van der Waals surface area contributed by atoms with Crippen molar-refractivity contribution in [2.75, 3.05) is 0 Å². The van der Waals surface area contributed by atoms with Gasteiger partial charge in [-0.05, 0) is 23.8 Å². The number of nitrogens with one attached hydrogen (secondary N) is 1. The number of carbonyl (C=O) groups excluding carboxylic acids is 1. The third-order valence-corrected chi connectivity index (χ3v) is 1.44. The van der Waals surface area contributed by atoms with Crippen LogP contribution >= 0.6 is 0 Å². The standard InChI is InChI=1S/C9H10N2O3/c1-6(12)11-10-5-7-2-3-8(13)9(14)4-7/h2-5,13-14H,1H3,(H,11,12)/b10-5-. The van der Waals surface area contributed by atoms with Gasteiger partial charge in [0.05, 0.1) is 6.21 Å². The van der Waals surface area contributed by atoms with Crippen molar-refractivity contribution >= 4 is 12.1 Å². The van der Waals surface area contributed by atoms with Gasteiger partial charge in [-0.3, -0.25) is 4.79 Å². The number of phenols is 2. The highest BCUT2D eigenvalue weighted by atomic mass is 16.3. The van der Waals surface area contributed by atoms with E-state index in [1.807, 2.05) is 0 Å². The highest BCUT2D eigenvalue weighted by Crippen LogP contribution is 2.23. The highest BCUT2D eigenvalue weighted by Gasteiger charge is 1.97. The van der Waals surface area contributed by atoms with Crippen LogP contribution in [0.2, 0.25) is 0 Å². The summed E-state index contributed by atoms with van der Waals surface area (Å²) in [5, 5.41) is 21.7. The second-order valence-electron chi connectivity index (χ2n) is 2.67. The van der Waals surface area contributed by atoms with E-state index < -0.39 is 0 Å². The van der Waals surface area contributed by atoms with Crippen molar-refractivity contribution in [3.8, 4) is 11.5 Å². The lowest BCUT2D eigenvalue weighted by molar-refractivity contribution is -0.118. The second-order valence-corrected chi connectivity index (χ2v) is 2.67. The first-order valence-corrected chi connectivity index (χ1v) is 3.91. The smallest absolute Gasteiger partial charge is 0.236 e. The van der Waals surface area contributed by atoms with Crippen LogP contribution in [-0.4, -0.2) is 22.3 Å². The number of carbonyl (C=O) groups is 1. The Morgan fingerprint density at radius 2 is 2.14 bits per heavy atom. The summed E-state index contributed by atoms with van der Waals surface area (Å²) in [5.74, 6) is -0.692. The predicted molar refractivity (Wildman–Crippen MR) is 51.2 cm³/mol. The van der Waals surface area contributed by atoms with Gasteiger partial charge in [0, 0.05) is 6.92 Å². The Labute approximate surface area is 80.7 Å². The van der Waals surface area contributed by atoms with Crippen molar-refractivity contribution in [1.29, 1.82) is 0 Å². The van der Waals surface area contributed by atoms with E-state index in [-0.39, 0.29) is 17.4 Å². The summed E-state index contributed by atoms with van der Waals surface area (Å²) in [7, 11) is 0. The molecule has 0 saturated heterocycles. The Kier molecular flexibility index (Phi) is 3.06. The van der Waals surface area contributed by atoms with Crippen molar-refractivity contribution in [3.05, 3.63) is 23.8 Å². The molecule has 0 atom stereocenters. The number of hydrogen-bond donors (Lipinski definition) is 3. The topological polar surface area (TPSA) is 81.9 Å². The predicted octanol–water partition coefficient (Wildman–Crippen LogP) is 0.568. The molecule has 0 heterocycles. The normalized spacial score (nSPS) is 10.4. The molecule has 0 bridgehead atoms. The fourth-order valence-electron chi connectivity index (χ4n) is 0.818. The van der Waals surface area contributed by atoms with Crippen LogP contribution in [0.4, 0.5) is 0 Å². The SMILES string of the molecule is CC(=O)N/N=C\c1ccc(O)c(O)c1. The van der Waals surface area contributed by atoms with Gasteiger partial charge in [0.2, 0.25) is 5.91 Å². The summed E-state index contributed by atoms with van der Waals surface area (Å²) in [6.45, 7) is 1.34. The quantitative estimate of drug-likeness (QED) is 0.365. The monoisotopic (exact) mass is 194 g/mol. The maximum atomic E-state index is 10.4.